The van der Waals surface area contributed by atoms with Gasteiger partial charge in [-0.2, -0.15) is 0 Å². The molecule has 2 heterocycles. The van der Waals surface area contributed by atoms with Crippen molar-refractivity contribution in [2.24, 2.45) is 0 Å². The summed E-state index contributed by atoms with van der Waals surface area (Å²) in [6.07, 6.45) is 9.45. The van der Waals surface area contributed by atoms with Gasteiger partial charge in [0.15, 0.2) is 0 Å². The first-order chi connectivity index (χ1) is 16.0. The maximum Gasteiger partial charge on any atom is 0.224 e. The zero-order chi connectivity index (χ0) is 23.3. The van der Waals surface area contributed by atoms with E-state index in [4.69, 9.17) is 0 Å². The highest BCUT2D eigenvalue weighted by Gasteiger charge is 2.29. The van der Waals surface area contributed by atoms with Crippen LogP contribution in [0.25, 0.3) is 11.0 Å². The number of carbonyl (C=O) groups is 1. The molecule has 1 aliphatic heterocycles. The zero-order valence-corrected chi connectivity index (χ0v) is 20.5. The molecule has 1 aromatic heterocycles. The maximum atomic E-state index is 13.0. The van der Waals surface area contributed by atoms with Crippen molar-refractivity contribution in [2.45, 2.75) is 90.1 Å². The Morgan fingerprint density at radius 3 is 2.58 bits per heavy atom. The smallest absolute Gasteiger partial charge is 0.224 e. The average Bonchev–Trinajstić information content (AvgIpc) is 3.13. The monoisotopic (exact) mass is 446 g/mol. The number of rotatable bonds is 9. The van der Waals surface area contributed by atoms with Gasteiger partial charge in [0.2, 0.25) is 5.91 Å². The Morgan fingerprint density at radius 2 is 1.79 bits per heavy atom. The Labute approximate surface area is 198 Å². The molecule has 0 saturated carbocycles. The Hall–Kier alpha value is -2.69. The summed E-state index contributed by atoms with van der Waals surface area (Å²) < 4.78 is 2.02. The fourth-order valence-electron chi connectivity index (χ4n) is 5.05. The van der Waals surface area contributed by atoms with Gasteiger partial charge in [0.05, 0.1) is 5.52 Å². The molecule has 1 fully saturated rings. The van der Waals surface area contributed by atoms with Gasteiger partial charge in [0, 0.05) is 18.4 Å². The number of fused-ring (bicyclic) bond motifs is 1. The van der Waals surface area contributed by atoms with Crippen molar-refractivity contribution in [3.8, 4) is 0 Å². The number of likely N-dealkylation sites (tertiary alicyclic amines) is 1. The summed E-state index contributed by atoms with van der Waals surface area (Å²) >= 11 is 0. The highest BCUT2D eigenvalue weighted by Crippen LogP contribution is 2.34. The second kappa shape index (κ2) is 10.5. The number of carbonyl (C=O) groups excluding carboxylic acids is 1. The number of unbranched alkanes of at least 4 members (excludes halogenated alkanes) is 3. The van der Waals surface area contributed by atoms with E-state index in [-0.39, 0.29) is 17.5 Å². The molecule has 176 valence electrons. The normalized spacial score (nSPS) is 16.2. The van der Waals surface area contributed by atoms with Crippen LogP contribution >= 0.6 is 0 Å². The second-order valence-electron chi connectivity index (χ2n) is 9.96. The highest BCUT2D eigenvalue weighted by atomic mass is 16.2. The summed E-state index contributed by atoms with van der Waals surface area (Å²) in [4.78, 5) is 15.1. The van der Waals surface area contributed by atoms with Gasteiger partial charge in [-0.3, -0.25) is 4.79 Å². The van der Waals surface area contributed by atoms with E-state index >= 15 is 0 Å². The lowest BCUT2D eigenvalue weighted by molar-refractivity contribution is -0.135. The number of hydrogen-bond acceptors (Lipinski definition) is 3. The molecule has 1 aliphatic rings. The van der Waals surface area contributed by atoms with Crippen LogP contribution in [-0.2, 0) is 10.2 Å². The van der Waals surface area contributed by atoms with E-state index in [1.165, 1.54) is 30.4 Å². The third-order valence-corrected chi connectivity index (χ3v) is 7.26. The van der Waals surface area contributed by atoms with Gasteiger partial charge in [-0.25, -0.2) is 4.68 Å². The van der Waals surface area contributed by atoms with Crippen LogP contribution in [0.1, 0.15) is 95.9 Å². The summed E-state index contributed by atoms with van der Waals surface area (Å²) in [5, 5.41) is 9.17. The Balaban J connectivity index is 1.67. The van der Waals surface area contributed by atoms with Crippen LogP contribution in [0.2, 0.25) is 0 Å². The fraction of sp³-hybridized carbons (Fsp3) is 0.536. The molecule has 1 saturated heterocycles. The maximum absolute atomic E-state index is 13.0. The van der Waals surface area contributed by atoms with Crippen molar-refractivity contribution in [3.05, 3.63) is 59.7 Å². The molecule has 4 rings (SSSR count). The third-order valence-electron chi connectivity index (χ3n) is 7.26. The van der Waals surface area contributed by atoms with Crippen molar-refractivity contribution in [3.63, 3.8) is 0 Å². The third kappa shape index (κ3) is 5.13. The van der Waals surface area contributed by atoms with Gasteiger partial charge in [-0.15, -0.1) is 5.10 Å². The van der Waals surface area contributed by atoms with Crippen LogP contribution in [0, 0.1) is 0 Å². The Kier molecular flexibility index (Phi) is 7.46. The minimum Gasteiger partial charge on any atom is -0.320 e. The lowest BCUT2D eigenvalue weighted by atomic mass is 9.78. The number of nitrogens with zero attached hydrogens (tertiary/aromatic N) is 4. The average molecular weight is 447 g/mol. The molecule has 5 nitrogen and oxygen atoms in total. The fourth-order valence-corrected chi connectivity index (χ4v) is 5.05. The van der Waals surface area contributed by atoms with E-state index < -0.39 is 0 Å². The van der Waals surface area contributed by atoms with Gasteiger partial charge < -0.3 is 4.90 Å². The standard InChI is InChI=1S/C28H38N4O/c1-4-5-6-11-16-26(31-20-13-8-12-17-27(31)33)32-25-19-18-23(21-24(25)29-30-32)28(2,3)22-14-9-7-10-15-22/h7,9-10,14-15,18-19,21,26H,4-6,8,11-13,16-17,20H2,1-3H3. The van der Waals surface area contributed by atoms with E-state index in [0.717, 1.165) is 49.7 Å². The predicted octanol–water partition coefficient (Wildman–Crippen LogP) is 6.63. The van der Waals surface area contributed by atoms with Crippen molar-refractivity contribution < 1.29 is 4.79 Å². The number of benzene rings is 2. The second-order valence-corrected chi connectivity index (χ2v) is 9.96. The van der Waals surface area contributed by atoms with Gasteiger partial charge in [0.1, 0.15) is 11.7 Å². The lowest BCUT2D eigenvalue weighted by Gasteiger charge is -2.31. The van der Waals surface area contributed by atoms with E-state index in [2.05, 4.69) is 84.5 Å². The molecule has 33 heavy (non-hydrogen) atoms. The van der Waals surface area contributed by atoms with Gasteiger partial charge in [0.25, 0.3) is 0 Å². The molecule has 0 N–H and O–H groups in total. The van der Waals surface area contributed by atoms with Crippen LogP contribution in [0.4, 0.5) is 0 Å². The molecular formula is C28H38N4O. The SMILES string of the molecule is CCCCCCC(N1CCCCCC1=O)n1nnc2cc(C(C)(C)c3ccccc3)ccc21. The van der Waals surface area contributed by atoms with E-state index in [1.807, 2.05) is 4.68 Å². The molecule has 3 aromatic rings. The summed E-state index contributed by atoms with van der Waals surface area (Å²) in [5.74, 6) is 0.262. The molecule has 0 radical (unpaired) electrons. The van der Waals surface area contributed by atoms with Crippen LogP contribution in [-0.4, -0.2) is 32.3 Å². The highest BCUT2D eigenvalue weighted by molar-refractivity contribution is 5.78. The van der Waals surface area contributed by atoms with Crippen molar-refractivity contribution in [1.29, 1.82) is 0 Å². The first-order valence-electron chi connectivity index (χ1n) is 12.7. The molecule has 0 bridgehead atoms. The minimum atomic E-state index is -0.125. The largest absolute Gasteiger partial charge is 0.320 e. The van der Waals surface area contributed by atoms with Crippen LogP contribution in [0.5, 0.6) is 0 Å². The molecular weight excluding hydrogens is 408 g/mol. The summed E-state index contributed by atoms with van der Waals surface area (Å²) in [6, 6.07) is 17.1. The molecule has 2 aromatic carbocycles. The van der Waals surface area contributed by atoms with Crippen molar-refractivity contribution >= 4 is 16.9 Å². The molecule has 1 atom stereocenters. The zero-order valence-electron chi connectivity index (χ0n) is 20.5. The number of amides is 1. The van der Waals surface area contributed by atoms with E-state index in [1.54, 1.807) is 0 Å². The van der Waals surface area contributed by atoms with Gasteiger partial charge in [-0.05, 0) is 48.9 Å². The summed E-state index contributed by atoms with van der Waals surface area (Å²) in [6.45, 7) is 7.55. The van der Waals surface area contributed by atoms with Crippen LogP contribution < -0.4 is 0 Å². The van der Waals surface area contributed by atoms with Crippen LogP contribution in [0.15, 0.2) is 48.5 Å². The quantitative estimate of drug-likeness (QED) is 0.347. The first-order valence-corrected chi connectivity index (χ1v) is 12.7. The van der Waals surface area contributed by atoms with Gasteiger partial charge in [-0.1, -0.05) is 88.1 Å². The summed E-state index contributed by atoms with van der Waals surface area (Å²) in [5.41, 5.74) is 4.29. The minimum absolute atomic E-state index is 0.0505. The number of aromatic nitrogens is 3. The predicted molar refractivity (Wildman–Crippen MR) is 134 cm³/mol. The summed E-state index contributed by atoms with van der Waals surface area (Å²) in [7, 11) is 0. The molecule has 0 spiro atoms. The van der Waals surface area contributed by atoms with Crippen LogP contribution in [0.3, 0.4) is 0 Å². The molecule has 1 amide bonds. The molecule has 5 heteroatoms. The van der Waals surface area contributed by atoms with Crippen molar-refractivity contribution in [1.82, 2.24) is 19.9 Å². The lowest BCUT2D eigenvalue weighted by Crippen LogP contribution is -2.38. The molecule has 1 unspecified atom stereocenters. The molecule has 0 aliphatic carbocycles. The van der Waals surface area contributed by atoms with E-state index in [9.17, 15) is 4.79 Å². The topological polar surface area (TPSA) is 51.0 Å². The Bertz CT molecular complexity index is 1060. The van der Waals surface area contributed by atoms with Gasteiger partial charge >= 0.3 is 0 Å². The van der Waals surface area contributed by atoms with Crippen molar-refractivity contribution in [2.75, 3.05) is 6.54 Å². The Morgan fingerprint density at radius 1 is 0.970 bits per heavy atom. The van der Waals surface area contributed by atoms with E-state index in [0.29, 0.717) is 6.42 Å². The first kappa shape index (κ1) is 23.5. The number of hydrogen-bond donors (Lipinski definition) is 0.